The predicted molar refractivity (Wildman–Crippen MR) is 104 cm³/mol. The number of hydrogen-bond acceptors (Lipinski definition) is 3. The van der Waals surface area contributed by atoms with Crippen molar-refractivity contribution in [2.45, 2.75) is 51.5 Å². The Morgan fingerprint density at radius 1 is 1.16 bits per heavy atom. The molecule has 1 fully saturated rings. The van der Waals surface area contributed by atoms with E-state index in [-0.39, 0.29) is 11.6 Å². The summed E-state index contributed by atoms with van der Waals surface area (Å²) in [6.07, 6.45) is 5.42. The second kappa shape index (κ2) is 8.00. The fraction of sp³-hybridized carbons (Fsp3) is 0.500. The summed E-state index contributed by atoms with van der Waals surface area (Å²) in [5, 5.41) is 6.33. The van der Waals surface area contributed by atoms with Crippen LogP contribution in [0.25, 0.3) is 10.6 Å². The van der Waals surface area contributed by atoms with Crippen LogP contribution in [0.4, 0.5) is 4.79 Å². The first-order valence-corrected chi connectivity index (χ1v) is 9.98. The Balaban J connectivity index is 1.61. The highest BCUT2D eigenvalue weighted by atomic mass is 32.1. The van der Waals surface area contributed by atoms with Gasteiger partial charge < -0.3 is 10.2 Å². The quantitative estimate of drug-likeness (QED) is 0.861. The minimum absolute atomic E-state index is 0.0606. The molecule has 0 radical (unpaired) electrons. The van der Waals surface area contributed by atoms with Crippen molar-refractivity contribution in [2.75, 3.05) is 13.1 Å². The second-order valence-electron chi connectivity index (χ2n) is 7.40. The number of amides is 2. The van der Waals surface area contributed by atoms with Gasteiger partial charge in [-0.25, -0.2) is 9.78 Å². The van der Waals surface area contributed by atoms with Gasteiger partial charge in [-0.3, -0.25) is 0 Å². The molecule has 2 heterocycles. The number of urea groups is 1. The van der Waals surface area contributed by atoms with Gasteiger partial charge in [0.25, 0.3) is 0 Å². The van der Waals surface area contributed by atoms with Crippen molar-refractivity contribution in [1.29, 1.82) is 0 Å². The number of aromatic nitrogens is 1. The van der Waals surface area contributed by atoms with Crippen LogP contribution in [-0.2, 0) is 6.42 Å². The van der Waals surface area contributed by atoms with Gasteiger partial charge in [-0.05, 0) is 26.7 Å². The summed E-state index contributed by atoms with van der Waals surface area (Å²) in [5.41, 5.74) is 1.86. The van der Waals surface area contributed by atoms with E-state index in [2.05, 4.69) is 36.7 Å². The Morgan fingerprint density at radius 3 is 2.52 bits per heavy atom. The summed E-state index contributed by atoms with van der Waals surface area (Å²) in [6.45, 7) is 5.89. The number of likely N-dealkylation sites (tertiary alicyclic amines) is 1. The Kier molecular flexibility index (Phi) is 5.74. The highest BCUT2D eigenvalue weighted by molar-refractivity contribution is 7.13. The first-order chi connectivity index (χ1) is 12.0. The minimum atomic E-state index is -0.314. The molecule has 1 aliphatic heterocycles. The lowest BCUT2D eigenvalue weighted by molar-refractivity contribution is 0.188. The van der Waals surface area contributed by atoms with E-state index in [9.17, 15) is 4.79 Å². The lowest BCUT2D eigenvalue weighted by Gasteiger charge is -2.30. The minimum Gasteiger partial charge on any atom is -0.333 e. The Morgan fingerprint density at radius 2 is 1.84 bits per heavy atom. The third-order valence-corrected chi connectivity index (χ3v) is 5.47. The van der Waals surface area contributed by atoms with Gasteiger partial charge in [0.05, 0.1) is 5.69 Å². The fourth-order valence-corrected chi connectivity index (χ4v) is 4.07. The SMILES string of the molecule is CC(C)(Cc1csc(-c2ccccc2)n1)NC(=O)N1CCCCCC1. The number of carbonyl (C=O) groups excluding carboxylic acids is 1. The van der Waals surface area contributed by atoms with Crippen molar-refractivity contribution >= 4 is 17.4 Å². The monoisotopic (exact) mass is 357 g/mol. The smallest absolute Gasteiger partial charge is 0.317 e. The molecule has 0 unspecified atom stereocenters. The second-order valence-corrected chi connectivity index (χ2v) is 8.26. The summed E-state index contributed by atoms with van der Waals surface area (Å²) in [6, 6.07) is 10.3. The number of hydrogen-bond donors (Lipinski definition) is 1. The molecule has 1 N–H and O–H groups in total. The molecule has 2 amide bonds. The van der Waals surface area contributed by atoms with E-state index in [1.54, 1.807) is 11.3 Å². The van der Waals surface area contributed by atoms with Gasteiger partial charge in [-0.15, -0.1) is 11.3 Å². The van der Waals surface area contributed by atoms with Gasteiger partial charge in [0.2, 0.25) is 0 Å². The number of nitrogens with one attached hydrogen (secondary N) is 1. The topological polar surface area (TPSA) is 45.2 Å². The van der Waals surface area contributed by atoms with Crippen LogP contribution in [0.2, 0.25) is 0 Å². The first-order valence-electron chi connectivity index (χ1n) is 9.10. The molecule has 0 aliphatic carbocycles. The number of thiazole rings is 1. The molecule has 0 saturated carbocycles. The molecule has 3 rings (SSSR count). The van der Waals surface area contributed by atoms with Crippen LogP contribution >= 0.6 is 11.3 Å². The van der Waals surface area contributed by atoms with Gasteiger partial charge in [0.15, 0.2) is 0 Å². The van der Waals surface area contributed by atoms with Crippen molar-refractivity contribution in [3.8, 4) is 10.6 Å². The Bertz CT molecular complexity index is 688. The van der Waals surface area contributed by atoms with Gasteiger partial charge in [0.1, 0.15) is 5.01 Å². The zero-order valence-electron chi connectivity index (χ0n) is 15.1. The molecule has 2 aromatic rings. The Labute approximate surface area is 154 Å². The number of benzene rings is 1. The van der Waals surface area contributed by atoms with Gasteiger partial charge in [0, 0.05) is 36.0 Å². The van der Waals surface area contributed by atoms with Crippen LogP contribution in [0.1, 0.15) is 45.2 Å². The molecule has 1 aromatic carbocycles. The van der Waals surface area contributed by atoms with E-state index in [1.165, 1.54) is 12.8 Å². The maximum Gasteiger partial charge on any atom is 0.317 e. The molecule has 0 spiro atoms. The number of carbonyl (C=O) groups is 1. The van der Waals surface area contributed by atoms with E-state index in [0.29, 0.717) is 0 Å². The van der Waals surface area contributed by atoms with Crippen LogP contribution in [0.15, 0.2) is 35.7 Å². The average molecular weight is 358 g/mol. The lowest BCUT2D eigenvalue weighted by atomic mass is 9.99. The van der Waals surface area contributed by atoms with E-state index in [1.807, 2.05) is 23.1 Å². The average Bonchev–Trinajstić information content (AvgIpc) is 2.87. The zero-order chi connectivity index (χ0) is 17.7. The van der Waals surface area contributed by atoms with Crippen LogP contribution in [0.3, 0.4) is 0 Å². The normalized spacial score (nSPS) is 15.7. The van der Waals surface area contributed by atoms with Gasteiger partial charge in [-0.2, -0.15) is 0 Å². The highest BCUT2D eigenvalue weighted by Gasteiger charge is 2.25. The Hall–Kier alpha value is -1.88. The van der Waals surface area contributed by atoms with E-state index >= 15 is 0 Å². The van der Waals surface area contributed by atoms with Gasteiger partial charge in [-0.1, -0.05) is 43.2 Å². The van der Waals surface area contributed by atoms with Crippen LogP contribution in [-0.4, -0.2) is 34.5 Å². The summed E-state index contributed by atoms with van der Waals surface area (Å²) in [5.74, 6) is 0. The van der Waals surface area contributed by atoms with E-state index in [0.717, 1.165) is 48.6 Å². The summed E-state index contributed by atoms with van der Waals surface area (Å²) >= 11 is 1.66. The molecule has 25 heavy (non-hydrogen) atoms. The third kappa shape index (κ3) is 5.05. The maximum absolute atomic E-state index is 12.6. The molecular formula is C20H27N3OS. The van der Waals surface area contributed by atoms with Crippen LogP contribution in [0.5, 0.6) is 0 Å². The molecule has 1 saturated heterocycles. The third-order valence-electron chi connectivity index (χ3n) is 4.53. The summed E-state index contributed by atoms with van der Waals surface area (Å²) in [4.78, 5) is 19.3. The molecule has 134 valence electrons. The van der Waals surface area contributed by atoms with Gasteiger partial charge >= 0.3 is 6.03 Å². The van der Waals surface area contributed by atoms with Crippen molar-refractivity contribution in [1.82, 2.24) is 15.2 Å². The standard InChI is InChI=1S/C20H27N3OS/c1-20(2,22-19(24)23-12-8-3-4-9-13-23)14-17-15-25-18(21-17)16-10-6-5-7-11-16/h5-7,10-11,15H,3-4,8-9,12-14H2,1-2H3,(H,22,24). The van der Waals surface area contributed by atoms with Crippen molar-refractivity contribution < 1.29 is 4.79 Å². The molecular weight excluding hydrogens is 330 g/mol. The number of rotatable bonds is 4. The van der Waals surface area contributed by atoms with Crippen LogP contribution < -0.4 is 5.32 Å². The highest BCUT2D eigenvalue weighted by Crippen LogP contribution is 2.25. The van der Waals surface area contributed by atoms with E-state index < -0.39 is 0 Å². The van der Waals surface area contributed by atoms with Crippen molar-refractivity contribution in [2.24, 2.45) is 0 Å². The molecule has 0 bridgehead atoms. The first kappa shape index (κ1) is 17.9. The summed E-state index contributed by atoms with van der Waals surface area (Å²) < 4.78 is 0. The predicted octanol–water partition coefficient (Wildman–Crippen LogP) is 4.72. The molecule has 0 atom stereocenters. The number of nitrogens with zero attached hydrogens (tertiary/aromatic N) is 2. The molecule has 1 aromatic heterocycles. The zero-order valence-corrected chi connectivity index (χ0v) is 15.9. The van der Waals surface area contributed by atoms with Crippen molar-refractivity contribution in [3.05, 3.63) is 41.4 Å². The largest absolute Gasteiger partial charge is 0.333 e. The van der Waals surface area contributed by atoms with E-state index in [4.69, 9.17) is 4.98 Å². The molecule has 5 heteroatoms. The summed E-state index contributed by atoms with van der Waals surface area (Å²) in [7, 11) is 0. The molecule has 1 aliphatic rings. The van der Waals surface area contributed by atoms with Crippen molar-refractivity contribution in [3.63, 3.8) is 0 Å². The van der Waals surface area contributed by atoms with Crippen LogP contribution in [0, 0.1) is 0 Å². The maximum atomic E-state index is 12.6. The fourth-order valence-electron chi connectivity index (χ4n) is 3.24. The molecule has 4 nitrogen and oxygen atoms in total. The lowest BCUT2D eigenvalue weighted by Crippen LogP contribution is -2.51.